The minimum absolute atomic E-state index is 0.00424. The lowest BCUT2D eigenvalue weighted by molar-refractivity contribution is -0.142. The number of hydrogen-bond donors (Lipinski definition) is 19. The molecule has 0 saturated carbocycles. The first-order valence-electron chi connectivity index (χ1n) is 25.6. The molecule has 0 bridgehead atoms. The number of carbonyl (C=O) groups excluding carboxylic acids is 9. The van der Waals surface area contributed by atoms with E-state index in [-0.39, 0.29) is 81.6 Å². The predicted octanol–water partition coefficient (Wildman–Crippen LogP) is -5.68. The molecule has 1 aromatic carbocycles. The van der Waals surface area contributed by atoms with E-state index in [1.165, 1.54) is 31.2 Å². The summed E-state index contributed by atoms with van der Waals surface area (Å²) in [6, 6.07) is -8.08. The van der Waals surface area contributed by atoms with Crippen LogP contribution in [0.2, 0.25) is 0 Å². The maximum absolute atomic E-state index is 14.1. The zero-order valence-electron chi connectivity index (χ0n) is 45.2. The Morgan fingerprint density at radius 2 is 0.877 bits per heavy atom. The van der Waals surface area contributed by atoms with E-state index in [1.807, 2.05) is 0 Å². The smallest absolute Gasteiger partial charge is 0.326 e. The number of aliphatic imine (C=N–C) groups is 2. The number of phenols is 1. The molecule has 0 fully saturated rings. The minimum Gasteiger partial charge on any atom is -0.508 e. The number of amides is 9. The maximum Gasteiger partial charge on any atom is 0.326 e. The molecule has 9 amide bonds. The number of nitrogens with zero attached hydrogens (tertiary/aromatic N) is 2. The standard InChI is InChI=1S/C48H78N16O16S/c1-23(2)20-32(62-39(72)27(49)12-16-36(67)68)44(77)59-28(6-4-18-55-47(51)52)40(73)57-24(3)38(71)58-29(7-5-19-56-48(53)54)41(74)60-30(13-15-35(50)66)42(75)61-31(14-17-37(69)70)43(76)64-34(22-81)45(78)63-33(46(79)80)21-25-8-10-26(65)11-9-25/h8-11,23-24,27-34,65,81H,4-7,12-22,49H2,1-3H3,(H2,50,66)(H,57,73)(H,58,71)(H,59,77)(H,60,74)(H,61,75)(H,62,72)(H,63,78)(H,64,76)(H,67,68)(H,69,70)(H,79,80)(H4,51,52,55)(H4,53,54,56)/t24-,27-,28-,29-,30-,31-,32-,33-,34-/m0/s1. The van der Waals surface area contributed by atoms with E-state index in [1.54, 1.807) is 13.8 Å². The monoisotopic (exact) mass is 1170 g/mol. The van der Waals surface area contributed by atoms with E-state index >= 15 is 0 Å². The number of nitrogens with one attached hydrogen (secondary N) is 8. The average molecular weight is 1170 g/mol. The van der Waals surface area contributed by atoms with Crippen LogP contribution >= 0.6 is 12.6 Å². The number of thiol groups is 1. The molecule has 9 atom stereocenters. The number of carboxylic acids is 3. The average Bonchev–Trinajstić information content (AvgIpc) is 3.39. The van der Waals surface area contributed by atoms with Crippen LogP contribution in [0.3, 0.4) is 0 Å². The van der Waals surface area contributed by atoms with Crippen LogP contribution in [0.5, 0.6) is 5.75 Å². The Morgan fingerprint density at radius 1 is 0.494 bits per heavy atom. The molecular formula is C48H78N16O16S. The van der Waals surface area contributed by atoms with Gasteiger partial charge in [-0.1, -0.05) is 26.0 Å². The molecule has 452 valence electrons. The van der Waals surface area contributed by atoms with Crippen molar-refractivity contribution in [3.63, 3.8) is 0 Å². The zero-order valence-corrected chi connectivity index (χ0v) is 46.1. The fourth-order valence-electron chi connectivity index (χ4n) is 7.33. The summed E-state index contributed by atoms with van der Waals surface area (Å²) in [5, 5.41) is 57.2. The van der Waals surface area contributed by atoms with E-state index in [0.29, 0.717) is 5.56 Å². The van der Waals surface area contributed by atoms with Crippen molar-refractivity contribution in [2.24, 2.45) is 50.3 Å². The van der Waals surface area contributed by atoms with Crippen molar-refractivity contribution in [2.75, 3.05) is 18.8 Å². The Labute approximate surface area is 471 Å². The Kier molecular flexibility index (Phi) is 31.9. The first-order valence-corrected chi connectivity index (χ1v) is 26.2. The summed E-state index contributed by atoms with van der Waals surface area (Å²) in [6.07, 6.45) is -3.46. The highest BCUT2D eigenvalue weighted by Gasteiger charge is 2.35. The van der Waals surface area contributed by atoms with Crippen LogP contribution < -0.4 is 76.9 Å². The molecule has 1 rings (SSSR count). The van der Waals surface area contributed by atoms with Gasteiger partial charge in [0.2, 0.25) is 53.2 Å². The molecule has 0 aliphatic rings. The second-order valence-corrected chi connectivity index (χ2v) is 19.4. The first-order chi connectivity index (χ1) is 37.9. The van der Waals surface area contributed by atoms with Gasteiger partial charge < -0.3 is 97.4 Å². The first kappa shape index (κ1) is 70.5. The predicted molar refractivity (Wildman–Crippen MR) is 294 cm³/mol. The normalized spacial score (nSPS) is 14.2. The number of rotatable bonds is 39. The largest absolute Gasteiger partial charge is 0.508 e. The fourth-order valence-corrected chi connectivity index (χ4v) is 7.59. The summed E-state index contributed by atoms with van der Waals surface area (Å²) in [5.74, 6) is -14.2. The van der Waals surface area contributed by atoms with Gasteiger partial charge in [-0.2, -0.15) is 12.6 Å². The summed E-state index contributed by atoms with van der Waals surface area (Å²) in [4.78, 5) is 164. The molecular weight excluding hydrogens is 1090 g/mol. The van der Waals surface area contributed by atoms with Crippen molar-refractivity contribution >= 4 is 95.6 Å². The van der Waals surface area contributed by atoms with Crippen molar-refractivity contribution in [2.45, 2.75) is 152 Å². The van der Waals surface area contributed by atoms with Gasteiger partial charge in [-0.3, -0.25) is 62.7 Å². The number of nitrogens with two attached hydrogens (primary N) is 6. The number of primary amides is 1. The molecule has 0 spiro atoms. The second kappa shape index (κ2) is 36.6. The summed E-state index contributed by atoms with van der Waals surface area (Å²) < 4.78 is 0. The number of aliphatic carboxylic acids is 3. The summed E-state index contributed by atoms with van der Waals surface area (Å²) in [6.45, 7) is 4.66. The van der Waals surface area contributed by atoms with Crippen LogP contribution in [0, 0.1) is 5.92 Å². The molecule has 0 aliphatic carbocycles. The number of hydrogen-bond acceptors (Lipinski definition) is 17. The van der Waals surface area contributed by atoms with Gasteiger partial charge in [0.05, 0.1) is 6.04 Å². The minimum atomic E-state index is -1.75. The zero-order chi connectivity index (χ0) is 61.5. The number of guanidine groups is 2. The molecule has 0 radical (unpaired) electrons. The van der Waals surface area contributed by atoms with Crippen LogP contribution in [0.15, 0.2) is 34.3 Å². The lowest BCUT2D eigenvalue weighted by Gasteiger charge is -2.27. The van der Waals surface area contributed by atoms with Gasteiger partial charge in [0, 0.05) is 44.5 Å². The lowest BCUT2D eigenvalue weighted by Crippen LogP contribution is -2.60. The molecule has 0 aliphatic heterocycles. The quantitative estimate of drug-likeness (QED) is 0.0126. The third-order valence-corrected chi connectivity index (χ3v) is 12.0. The van der Waals surface area contributed by atoms with Gasteiger partial charge in [-0.15, -0.1) is 0 Å². The number of carbonyl (C=O) groups is 12. The van der Waals surface area contributed by atoms with Crippen molar-refractivity contribution in [1.82, 2.24) is 42.5 Å². The summed E-state index contributed by atoms with van der Waals surface area (Å²) in [5.41, 5.74) is 33.5. The molecule has 1 aromatic rings. The molecule has 0 heterocycles. The number of benzene rings is 1. The van der Waals surface area contributed by atoms with Crippen molar-refractivity contribution in [3.05, 3.63) is 29.8 Å². The Bertz CT molecular complexity index is 2410. The number of carboxylic acid groups (broad SMARTS) is 3. The Balaban J connectivity index is 3.49. The van der Waals surface area contributed by atoms with E-state index in [2.05, 4.69) is 65.1 Å². The van der Waals surface area contributed by atoms with Crippen LogP contribution in [0.1, 0.15) is 97.0 Å². The van der Waals surface area contributed by atoms with Gasteiger partial charge >= 0.3 is 17.9 Å². The lowest BCUT2D eigenvalue weighted by atomic mass is 10.0. The highest BCUT2D eigenvalue weighted by molar-refractivity contribution is 7.80. The summed E-state index contributed by atoms with van der Waals surface area (Å²) in [7, 11) is 0. The summed E-state index contributed by atoms with van der Waals surface area (Å²) >= 11 is 4.10. The van der Waals surface area contributed by atoms with E-state index in [9.17, 15) is 72.9 Å². The third kappa shape index (κ3) is 29.3. The maximum atomic E-state index is 14.1. The van der Waals surface area contributed by atoms with Crippen molar-refractivity contribution in [1.29, 1.82) is 0 Å². The SMILES string of the molecule is CC(C)C[C@H](NC(=O)[C@@H](N)CCC(=O)O)C(=O)N[C@@H](CCCN=C(N)N)C(=O)N[C@@H](C)C(=O)N[C@@H](CCCN=C(N)N)C(=O)N[C@@H](CCC(N)=O)C(=O)N[C@@H](CCC(=O)O)C(=O)N[C@@H](CS)C(=O)N[C@@H](Cc1ccc(O)cc1)C(=O)O. The van der Waals surface area contributed by atoms with Crippen molar-refractivity contribution < 1.29 is 78.0 Å². The number of aromatic hydroxyl groups is 1. The van der Waals surface area contributed by atoms with Gasteiger partial charge in [0.1, 0.15) is 54.1 Å². The molecule has 0 aromatic heterocycles. The second-order valence-electron chi connectivity index (χ2n) is 19.1. The highest BCUT2D eigenvalue weighted by atomic mass is 32.1. The topological polar surface area (TPSA) is 563 Å². The van der Waals surface area contributed by atoms with Crippen LogP contribution in [-0.2, 0) is 64.0 Å². The Morgan fingerprint density at radius 3 is 1.31 bits per heavy atom. The van der Waals surface area contributed by atoms with Crippen LogP contribution in [0.25, 0.3) is 0 Å². The third-order valence-electron chi connectivity index (χ3n) is 11.7. The molecule has 24 N–H and O–H groups in total. The molecule has 0 unspecified atom stereocenters. The van der Waals surface area contributed by atoms with Gasteiger partial charge in [0.25, 0.3) is 0 Å². The molecule has 33 heteroatoms. The molecule has 32 nitrogen and oxygen atoms in total. The van der Waals surface area contributed by atoms with E-state index in [0.717, 1.165) is 0 Å². The molecule has 81 heavy (non-hydrogen) atoms. The molecule has 0 saturated heterocycles. The van der Waals surface area contributed by atoms with E-state index in [4.69, 9.17) is 39.5 Å². The van der Waals surface area contributed by atoms with Gasteiger partial charge in [-0.25, -0.2) is 4.79 Å². The number of phenolic OH excluding ortho intramolecular Hbond substituents is 1. The Hall–Kier alpha value is -8.49. The van der Waals surface area contributed by atoms with Crippen LogP contribution in [-0.4, -0.2) is 177 Å². The van der Waals surface area contributed by atoms with Gasteiger partial charge in [-0.05, 0) is 81.9 Å². The van der Waals surface area contributed by atoms with Gasteiger partial charge in [0.15, 0.2) is 11.9 Å². The fraction of sp³-hybridized carbons (Fsp3) is 0.583. The van der Waals surface area contributed by atoms with Crippen molar-refractivity contribution in [3.8, 4) is 5.75 Å². The van der Waals surface area contributed by atoms with E-state index < -0.39 is 163 Å². The van der Waals surface area contributed by atoms with Crippen LogP contribution in [0.4, 0.5) is 0 Å². The highest BCUT2D eigenvalue weighted by Crippen LogP contribution is 2.13.